The van der Waals surface area contributed by atoms with Gasteiger partial charge < -0.3 is 4.74 Å². The van der Waals surface area contributed by atoms with Crippen LogP contribution in [0.2, 0.25) is 0 Å². The van der Waals surface area contributed by atoms with Crippen molar-refractivity contribution in [2.24, 2.45) is 0 Å². The van der Waals surface area contributed by atoms with E-state index in [2.05, 4.69) is 48.2 Å². The Labute approximate surface area is 160 Å². The van der Waals surface area contributed by atoms with Gasteiger partial charge in [-0.25, -0.2) is 4.98 Å². The summed E-state index contributed by atoms with van der Waals surface area (Å²) >= 11 is 8.29. The van der Waals surface area contributed by atoms with Crippen LogP contribution < -0.4 is 10.1 Å². The predicted molar refractivity (Wildman–Crippen MR) is 105 cm³/mol. The number of halogens is 2. The van der Waals surface area contributed by atoms with Gasteiger partial charge in [-0.15, -0.1) is 0 Å². The zero-order valence-corrected chi connectivity index (χ0v) is 17.2. The first-order chi connectivity index (χ1) is 11.4. The summed E-state index contributed by atoms with van der Waals surface area (Å²) in [7, 11) is 1.54. The fraction of sp³-hybridized carbons (Fsp3) is 0.176. The van der Waals surface area contributed by atoms with Gasteiger partial charge >= 0.3 is 0 Å². The van der Waals surface area contributed by atoms with Crippen LogP contribution in [-0.4, -0.2) is 18.0 Å². The van der Waals surface area contributed by atoms with Crippen molar-refractivity contribution in [3.8, 4) is 5.75 Å². The number of ether oxygens (including phenoxy) is 1. The summed E-state index contributed by atoms with van der Waals surface area (Å²) in [5, 5.41) is 3.45. The Bertz CT molecular complexity index is 914. The summed E-state index contributed by atoms with van der Waals surface area (Å²) in [4.78, 5) is 17.2. The van der Waals surface area contributed by atoms with E-state index in [1.807, 2.05) is 26.0 Å². The molecule has 1 heterocycles. The predicted octanol–water partition coefficient (Wildman–Crippen LogP) is 5.70. The molecule has 0 aliphatic rings. The van der Waals surface area contributed by atoms with E-state index in [1.165, 1.54) is 18.4 Å². The highest BCUT2D eigenvalue weighted by molar-refractivity contribution is 9.11. The average Bonchev–Trinajstić information content (AvgIpc) is 2.95. The second kappa shape index (κ2) is 6.82. The normalized spacial score (nSPS) is 10.9. The summed E-state index contributed by atoms with van der Waals surface area (Å²) in [5.74, 6) is 0.229. The number of benzene rings is 2. The molecule has 0 saturated carbocycles. The highest BCUT2D eigenvalue weighted by Gasteiger charge is 2.18. The second-order valence-corrected chi connectivity index (χ2v) is 8.09. The maximum Gasteiger partial charge on any atom is 0.261 e. The Hall–Kier alpha value is -1.44. The second-order valence-electron chi connectivity index (χ2n) is 5.32. The number of anilines is 1. The summed E-state index contributed by atoms with van der Waals surface area (Å²) in [6.45, 7) is 4.06. The lowest BCUT2D eigenvalue weighted by molar-refractivity contribution is 0.102. The van der Waals surface area contributed by atoms with Crippen LogP contribution in [0.5, 0.6) is 5.75 Å². The fourth-order valence-corrected chi connectivity index (χ4v) is 4.81. The zero-order chi connectivity index (χ0) is 17.4. The van der Waals surface area contributed by atoms with Crippen molar-refractivity contribution in [1.29, 1.82) is 0 Å². The zero-order valence-electron chi connectivity index (χ0n) is 13.2. The van der Waals surface area contributed by atoms with E-state index in [1.54, 1.807) is 6.07 Å². The van der Waals surface area contributed by atoms with Crippen molar-refractivity contribution in [3.63, 3.8) is 0 Å². The van der Waals surface area contributed by atoms with Gasteiger partial charge in [0.2, 0.25) is 0 Å². The van der Waals surface area contributed by atoms with Gasteiger partial charge in [-0.1, -0.05) is 39.4 Å². The van der Waals surface area contributed by atoms with Crippen LogP contribution >= 0.6 is 43.2 Å². The molecule has 0 saturated heterocycles. The largest absolute Gasteiger partial charge is 0.495 e. The molecular formula is C17H14Br2N2O2S. The minimum atomic E-state index is -0.261. The number of fused-ring (bicyclic) bond motifs is 1. The van der Waals surface area contributed by atoms with Gasteiger partial charge in [-0.3, -0.25) is 10.1 Å². The van der Waals surface area contributed by atoms with Crippen molar-refractivity contribution in [2.45, 2.75) is 13.8 Å². The van der Waals surface area contributed by atoms with E-state index < -0.39 is 0 Å². The van der Waals surface area contributed by atoms with Crippen LogP contribution in [0.15, 0.2) is 33.2 Å². The maximum absolute atomic E-state index is 12.7. The number of aromatic nitrogens is 1. The molecule has 1 N–H and O–H groups in total. The standard InChI is InChI=1S/C17H14Br2N2O2S/c1-8-4-5-9(2)15-13(8)20-17(24-15)21-16(22)11-6-10(18)7-12(19)14(11)23-3/h4-7H,1-3H3,(H,20,21,22). The topological polar surface area (TPSA) is 51.2 Å². The molecule has 1 amide bonds. The smallest absolute Gasteiger partial charge is 0.261 e. The summed E-state index contributed by atoms with van der Waals surface area (Å²) in [5.41, 5.74) is 3.61. The molecule has 124 valence electrons. The van der Waals surface area contributed by atoms with E-state index in [4.69, 9.17) is 4.74 Å². The van der Waals surface area contributed by atoms with E-state index >= 15 is 0 Å². The maximum atomic E-state index is 12.7. The molecule has 3 rings (SSSR count). The minimum Gasteiger partial charge on any atom is -0.495 e. The monoisotopic (exact) mass is 468 g/mol. The van der Waals surface area contributed by atoms with Gasteiger partial charge in [-0.2, -0.15) is 0 Å². The van der Waals surface area contributed by atoms with Gasteiger partial charge in [0.15, 0.2) is 5.13 Å². The minimum absolute atomic E-state index is 0.261. The molecule has 1 aromatic heterocycles. The van der Waals surface area contributed by atoms with Crippen LogP contribution in [0.3, 0.4) is 0 Å². The Morgan fingerprint density at radius 1 is 1.21 bits per heavy atom. The SMILES string of the molecule is COc1c(Br)cc(Br)cc1C(=O)Nc1nc2c(C)ccc(C)c2s1. The molecule has 2 aromatic carbocycles. The van der Waals surface area contributed by atoms with E-state index in [-0.39, 0.29) is 5.91 Å². The Kier molecular flexibility index (Phi) is 4.94. The molecule has 0 fully saturated rings. The third-order valence-electron chi connectivity index (χ3n) is 3.62. The number of nitrogens with zero attached hydrogens (tertiary/aromatic N) is 1. The summed E-state index contributed by atoms with van der Waals surface area (Å²) in [6.07, 6.45) is 0. The molecule has 0 spiro atoms. The number of methoxy groups -OCH3 is 1. The summed E-state index contributed by atoms with van der Waals surface area (Å²) in [6, 6.07) is 7.66. The Balaban J connectivity index is 1.99. The number of thiazole rings is 1. The average molecular weight is 470 g/mol. The first-order valence-electron chi connectivity index (χ1n) is 7.12. The molecule has 0 bridgehead atoms. The van der Waals surface area contributed by atoms with Gasteiger partial charge in [0.05, 0.1) is 27.4 Å². The van der Waals surface area contributed by atoms with Crippen molar-refractivity contribution >= 4 is 64.5 Å². The van der Waals surface area contributed by atoms with Crippen LogP contribution in [0.25, 0.3) is 10.2 Å². The molecule has 0 aliphatic heterocycles. The van der Waals surface area contributed by atoms with Gasteiger partial charge in [0, 0.05) is 4.47 Å². The number of amides is 1. The quantitative estimate of drug-likeness (QED) is 0.535. The molecular weight excluding hydrogens is 456 g/mol. The van der Waals surface area contributed by atoms with Crippen molar-refractivity contribution in [2.75, 3.05) is 12.4 Å². The molecule has 0 radical (unpaired) electrons. The van der Waals surface area contributed by atoms with E-state index in [0.29, 0.717) is 20.9 Å². The van der Waals surface area contributed by atoms with Crippen LogP contribution in [-0.2, 0) is 0 Å². The highest BCUT2D eigenvalue weighted by atomic mass is 79.9. The number of carbonyl (C=O) groups excluding carboxylic acids is 1. The van der Waals surface area contributed by atoms with Gasteiger partial charge in [0.1, 0.15) is 5.75 Å². The lowest BCUT2D eigenvalue weighted by atomic mass is 10.1. The lowest BCUT2D eigenvalue weighted by Gasteiger charge is -2.10. The Morgan fingerprint density at radius 2 is 1.92 bits per heavy atom. The number of hydrogen-bond acceptors (Lipinski definition) is 4. The molecule has 0 atom stereocenters. The molecule has 0 aliphatic carbocycles. The third-order valence-corrected chi connectivity index (χ3v) is 5.77. The molecule has 0 unspecified atom stereocenters. The summed E-state index contributed by atoms with van der Waals surface area (Å²) < 4.78 is 7.93. The molecule has 4 nitrogen and oxygen atoms in total. The van der Waals surface area contributed by atoms with Gasteiger partial charge in [0.25, 0.3) is 5.91 Å². The number of rotatable bonds is 3. The van der Waals surface area contributed by atoms with E-state index in [9.17, 15) is 4.79 Å². The number of hydrogen-bond donors (Lipinski definition) is 1. The fourth-order valence-electron chi connectivity index (χ4n) is 2.41. The van der Waals surface area contributed by atoms with Crippen molar-refractivity contribution in [3.05, 3.63) is 49.9 Å². The van der Waals surface area contributed by atoms with Crippen molar-refractivity contribution < 1.29 is 9.53 Å². The van der Waals surface area contributed by atoms with Crippen LogP contribution in [0.4, 0.5) is 5.13 Å². The number of carbonyl (C=O) groups is 1. The first kappa shape index (κ1) is 17.4. The Morgan fingerprint density at radius 3 is 2.58 bits per heavy atom. The van der Waals surface area contributed by atoms with Crippen molar-refractivity contribution in [1.82, 2.24) is 4.98 Å². The first-order valence-corrected chi connectivity index (χ1v) is 9.52. The van der Waals surface area contributed by atoms with Gasteiger partial charge in [-0.05, 0) is 53.0 Å². The molecule has 3 aromatic rings. The number of nitrogens with one attached hydrogen (secondary N) is 1. The van der Waals surface area contributed by atoms with E-state index in [0.717, 1.165) is 25.8 Å². The molecule has 7 heteroatoms. The highest BCUT2D eigenvalue weighted by Crippen LogP contribution is 2.35. The number of aryl methyl sites for hydroxylation is 2. The van der Waals surface area contributed by atoms with Crippen LogP contribution in [0.1, 0.15) is 21.5 Å². The molecule has 24 heavy (non-hydrogen) atoms. The lowest BCUT2D eigenvalue weighted by Crippen LogP contribution is -2.13. The van der Waals surface area contributed by atoms with Crippen LogP contribution in [0, 0.1) is 13.8 Å². The third kappa shape index (κ3) is 3.20.